The molecule has 3 aromatic carbocycles. The highest BCUT2D eigenvalue weighted by atomic mass is 32.2. The maximum atomic E-state index is 13.0. The minimum Gasteiger partial charge on any atom is -0.493 e. The molecule has 1 aliphatic rings. The van der Waals surface area contributed by atoms with E-state index in [1.54, 1.807) is 12.0 Å². The number of likely N-dealkylation sites (N-methyl/N-ethyl adjacent to an activating group) is 1. The van der Waals surface area contributed by atoms with Gasteiger partial charge >= 0.3 is 0 Å². The normalized spacial score (nSPS) is 14.1. The Balaban J connectivity index is 1.50. The minimum absolute atomic E-state index is 0.0420. The van der Waals surface area contributed by atoms with Gasteiger partial charge in [-0.1, -0.05) is 42.5 Å². The first-order chi connectivity index (χ1) is 14.7. The number of anilines is 1. The molecule has 156 valence electrons. The first-order valence-corrected chi connectivity index (χ1v) is 12.1. The number of hydrogen-bond acceptors (Lipinski definition) is 5. The van der Waals surface area contributed by atoms with Gasteiger partial charge in [0.05, 0.1) is 17.4 Å². The summed E-state index contributed by atoms with van der Waals surface area (Å²) >= 11 is 3.90. The second kappa shape index (κ2) is 9.67. The first kappa shape index (κ1) is 20.9. The van der Waals surface area contributed by atoms with Gasteiger partial charge in [-0.25, -0.2) is 0 Å². The highest BCUT2D eigenvalue weighted by molar-refractivity contribution is 8.19. The van der Waals surface area contributed by atoms with Crippen LogP contribution in [-0.4, -0.2) is 37.7 Å². The van der Waals surface area contributed by atoms with Crippen LogP contribution < -0.4 is 14.4 Å². The van der Waals surface area contributed by atoms with E-state index in [0.717, 1.165) is 16.5 Å². The molecule has 1 heterocycles. The third-order valence-electron chi connectivity index (χ3n) is 5.11. The number of rotatable bonds is 7. The fraction of sp³-hybridized carbons (Fsp3) is 0.292. The Morgan fingerprint density at radius 2 is 1.80 bits per heavy atom. The lowest BCUT2D eigenvalue weighted by atomic mass is 10.1. The van der Waals surface area contributed by atoms with Crippen molar-refractivity contribution in [1.82, 2.24) is 0 Å². The van der Waals surface area contributed by atoms with E-state index in [2.05, 4.69) is 18.2 Å². The molecule has 0 unspecified atom stereocenters. The molecule has 1 saturated heterocycles. The van der Waals surface area contributed by atoms with Crippen molar-refractivity contribution >= 4 is 45.9 Å². The van der Waals surface area contributed by atoms with Gasteiger partial charge in [0, 0.05) is 23.4 Å². The summed E-state index contributed by atoms with van der Waals surface area (Å²) in [6.07, 6.45) is 0. The summed E-state index contributed by atoms with van der Waals surface area (Å²) in [4.78, 5) is 14.8. The molecular weight excluding hydrogens is 414 g/mol. The van der Waals surface area contributed by atoms with Crippen LogP contribution in [0.1, 0.15) is 17.1 Å². The summed E-state index contributed by atoms with van der Waals surface area (Å²) in [6, 6.07) is 20.1. The largest absolute Gasteiger partial charge is 0.493 e. The molecule has 0 spiro atoms. The van der Waals surface area contributed by atoms with Gasteiger partial charge in [-0.15, -0.1) is 23.5 Å². The predicted molar refractivity (Wildman–Crippen MR) is 128 cm³/mol. The van der Waals surface area contributed by atoms with Crippen molar-refractivity contribution in [3.8, 4) is 11.5 Å². The molecule has 1 aliphatic heterocycles. The Morgan fingerprint density at radius 3 is 2.57 bits per heavy atom. The van der Waals surface area contributed by atoms with E-state index in [-0.39, 0.29) is 12.5 Å². The summed E-state index contributed by atoms with van der Waals surface area (Å²) in [5, 5.41) is 2.17. The molecule has 0 radical (unpaired) electrons. The molecule has 0 aliphatic carbocycles. The fourth-order valence-electron chi connectivity index (χ4n) is 3.64. The predicted octanol–water partition coefficient (Wildman–Crippen LogP) is 5.76. The number of amides is 1. The van der Waals surface area contributed by atoms with E-state index in [9.17, 15) is 4.79 Å². The maximum absolute atomic E-state index is 13.0. The maximum Gasteiger partial charge on any atom is 0.264 e. The quantitative estimate of drug-likeness (QED) is 0.468. The molecule has 3 aromatic rings. The number of hydrogen-bond donors (Lipinski definition) is 0. The van der Waals surface area contributed by atoms with Gasteiger partial charge in [-0.05, 0) is 36.1 Å². The van der Waals surface area contributed by atoms with Gasteiger partial charge in [0.15, 0.2) is 18.1 Å². The number of carbonyl (C=O) groups is 1. The summed E-state index contributed by atoms with van der Waals surface area (Å²) < 4.78 is 11.9. The standard InChI is InChI=1S/C24H25NO3S2/c1-3-25(20-10-6-8-17-7-4-5-9-19(17)20)23(26)16-28-21-12-11-18(15-22(21)27-2)24-29-13-14-30-24/h4-12,15,24H,3,13-14,16H2,1-2H3. The third kappa shape index (κ3) is 4.40. The zero-order valence-corrected chi connectivity index (χ0v) is 18.8. The van der Waals surface area contributed by atoms with Crippen molar-refractivity contribution in [1.29, 1.82) is 0 Å². The Morgan fingerprint density at radius 1 is 1.03 bits per heavy atom. The van der Waals surface area contributed by atoms with Gasteiger partial charge in [0.25, 0.3) is 5.91 Å². The average Bonchev–Trinajstić information content (AvgIpc) is 3.33. The summed E-state index contributed by atoms with van der Waals surface area (Å²) in [5.41, 5.74) is 2.13. The van der Waals surface area contributed by atoms with Crippen LogP contribution in [0.4, 0.5) is 5.69 Å². The van der Waals surface area contributed by atoms with Crippen LogP contribution in [0.25, 0.3) is 10.8 Å². The number of thioether (sulfide) groups is 2. The van der Waals surface area contributed by atoms with Gasteiger partial charge in [0.1, 0.15) is 0 Å². The van der Waals surface area contributed by atoms with E-state index in [1.807, 2.05) is 72.9 Å². The van der Waals surface area contributed by atoms with Crippen molar-refractivity contribution in [2.24, 2.45) is 0 Å². The molecule has 4 rings (SSSR count). The highest BCUT2D eigenvalue weighted by Crippen LogP contribution is 2.47. The second-order valence-corrected chi connectivity index (χ2v) is 9.63. The lowest BCUT2D eigenvalue weighted by Gasteiger charge is -2.23. The van der Waals surface area contributed by atoms with E-state index in [1.165, 1.54) is 17.1 Å². The molecule has 0 atom stereocenters. The third-order valence-corrected chi connectivity index (χ3v) is 8.21. The van der Waals surface area contributed by atoms with Crippen LogP contribution in [0.15, 0.2) is 60.7 Å². The van der Waals surface area contributed by atoms with Crippen LogP contribution in [0.3, 0.4) is 0 Å². The van der Waals surface area contributed by atoms with E-state index in [0.29, 0.717) is 22.6 Å². The van der Waals surface area contributed by atoms with Crippen LogP contribution in [0.2, 0.25) is 0 Å². The van der Waals surface area contributed by atoms with Crippen molar-refractivity contribution < 1.29 is 14.3 Å². The molecular formula is C24H25NO3S2. The number of nitrogens with zero attached hydrogens (tertiary/aromatic N) is 1. The molecule has 0 bridgehead atoms. The molecule has 6 heteroatoms. The SMILES string of the molecule is CCN(C(=O)COc1ccc(C2SCCS2)cc1OC)c1cccc2ccccc12. The second-order valence-electron chi connectivity index (χ2n) is 6.91. The van der Waals surface area contributed by atoms with Gasteiger partial charge in [0.2, 0.25) is 0 Å². The van der Waals surface area contributed by atoms with Crippen LogP contribution >= 0.6 is 23.5 Å². The molecule has 0 N–H and O–H groups in total. The fourth-order valence-corrected chi connectivity index (χ4v) is 6.48. The van der Waals surface area contributed by atoms with Crippen LogP contribution in [-0.2, 0) is 4.79 Å². The van der Waals surface area contributed by atoms with Gasteiger partial charge in [-0.2, -0.15) is 0 Å². The monoisotopic (exact) mass is 439 g/mol. The molecule has 0 aromatic heterocycles. The van der Waals surface area contributed by atoms with E-state index in [4.69, 9.17) is 9.47 Å². The van der Waals surface area contributed by atoms with Gasteiger partial charge < -0.3 is 14.4 Å². The van der Waals surface area contributed by atoms with Crippen molar-refractivity contribution in [3.05, 3.63) is 66.2 Å². The Bertz CT molecular complexity index is 1030. The highest BCUT2D eigenvalue weighted by Gasteiger charge is 2.21. The number of carbonyl (C=O) groups excluding carboxylic acids is 1. The summed E-state index contributed by atoms with van der Waals surface area (Å²) in [5.74, 6) is 3.52. The Hall–Kier alpha value is -2.31. The summed E-state index contributed by atoms with van der Waals surface area (Å²) in [6.45, 7) is 2.51. The summed E-state index contributed by atoms with van der Waals surface area (Å²) in [7, 11) is 1.64. The minimum atomic E-state index is -0.0816. The van der Waals surface area contributed by atoms with Crippen LogP contribution in [0.5, 0.6) is 11.5 Å². The lowest BCUT2D eigenvalue weighted by Crippen LogP contribution is -2.35. The number of fused-ring (bicyclic) bond motifs is 1. The Kier molecular flexibility index (Phi) is 6.75. The van der Waals surface area contributed by atoms with E-state index >= 15 is 0 Å². The Labute approximate surface area is 185 Å². The molecule has 1 fully saturated rings. The molecule has 1 amide bonds. The molecule has 4 nitrogen and oxygen atoms in total. The zero-order valence-electron chi connectivity index (χ0n) is 17.2. The molecule has 30 heavy (non-hydrogen) atoms. The van der Waals surface area contributed by atoms with Crippen molar-refractivity contribution in [2.75, 3.05) is 36.7 Å². The zero-order chi connectivity index (χ0) is 20.9. The van der Waals surface area contributed by atoms with Crippen molar-refractivity contribution in [3.63, 3.8) is 0 Å². The molecule has 0 saturated carbocycles. The first-order valence-electron chi connectivity index (χ1n) is 10.0. The van der Waals surface area contributed by atoms with Crippen molar-refractivity contribution in [2.45, 2.75) is 11.5 Å². The number of ether oxygens (including phenoxy) is 2. The average molecular weight is 440 g/mol. The smallest absolute Gasteiger partial charge is 0.264 e. The van der Waals surface area contributed by atoms with E-state index < -0.39 is 0 Å². The lowest BCUT2D eigenvalue weighted by molar-refractivity contribution is -0.120. The number of benzene rings is 3. The van der Waals surface area contributed by atoms with Crippen LogP contribution in [0, 0.1) is 0 Å². The number of methoxy groups -OCH3 is 1. The topological polar surface area (TPSA) is 38.8 Å². The van der Waals surface area contributed by atoms with Gasteiger partial charge in [-0.3, -0.25) is 4.79 Å².